The Kier molecular flexibility index (Phi) is 0.545. The molecule has 0 aromatic rings. The number of nitrogens with zero attached hydrogens (tertiary/aromatic N) is 2. The molecule has 25 valence electrons. The molecule has 0 aliphatic carbocycles. The lowest BCUT2D eigenvalue weighted by molar-refractivity contribution is 0.728. The highest BCUT2D eigenvalue weighted by atomic mass is 15.6. The quantitative estimate of drug-likeness (QED) is 0.358. The maximum atomic E-state index is 3.36. The normalized spacial score (nSPS) is 17.6. The summed E-state index contributed by atoms with van der Waals surface area (Å²) in [4.78, 5) is 0. The Morgan fingerprint density at radius 2 is 2.60 bits per heavy atom. The van der Waals surface area contributed by atoms with E-state index >= 15 is 0 Å². The van der Waals surface area contributed by atoms with Gasteiger partial charge in [-0.2, -0.15) is 0 Å². The summed E-state index contributed by atoms with van der Waals surface area (Å²) in [6.45, 7) is 0. The lowest BCUT2D eigenvalue weighted by Crippen LogP contribution is -2.22. The molecular formula is H2BN4. The molecule has 0 aromatic heterocycles. The van der Waals surface area contributed by atoms with Crippen molar-refractivity contribution in [2.45, 2.75) is 0 Å². The van der Waals surface area contributed by atoms with Crippen molar-refractivity contribution in [1.82, 2.24) is 10.9 Å². The minimum Gasteiger partial charge on any atom is -0.235 e. The number of nitrogens with one attached hydrogen (secondary N) is 2. The number of hydrogen-bond donors (Lipinski definition) is 2. The van der Waals surface area contributed by atoms with Crippen molar-refractivity contribution in [3.8, 4) is 0 Å². The second-order valence-corrected chi connectivity index (χ2v) is 0.601. The van der Waals surface area contributed by atoms with Crippen LogP contribution in [-0.4, -0.2) is 7.55 Å². The molecule has 0 spiro atoms. The fraction of sp³-hybridized carbons (Fsp3) is 0. The van der Waals surface area contributed by atoms with Crippen molar-refractivity contribution in [3.05, 3.63) is 0 Å². The van der Waals surface area contributed by atoms with Gasteiger partial charge in [0.05, 0.1) is 0 Å². The summed E-state index contributed by atoms with van der Waals surface area (Å²) >= 11 is 0. The SMILES string of the molecule is [B]1N=NNN1. The molecule has 1 radical (unpaired) electrons. The molecule has 5 heavy (non-hydrogen) atoms. The third kappa shape index (κ3) is 0.355. The van der Waals surface area contributed by atoms with Gasteiger partial charge in [0.2, 0.25) is 0 Å². The Balaban J connectivity index is 2.32. The first-order valence-corrected chi connectivity index (χ1v) is 1.22. The van der Waals surface area contributed by atoms with Crippen molar-refractivity contribution >= 4 is 7.55 Å². The molecule has 4 nitrogen and oxygen atoms in total. The van der Waals surface area contributed by atoms with Gasteiger partial charge in [0.25, 0.3) is 0 Å². The molecular weight excluding hydrogens is 66.8 g/mol. The van der Waals surface area contributed by atoms with Crippen LogP contribution < -0.4 is 10.9 Å². The van der Waals surface area contributed by atoms with Gasteiger partial charge in [0.15, 0.2) is 0 Å². The topological polar surface area (TPSA) is 48.8 Å². The molecule has 1 aliphatic heterocycles. The fourth-order valence-corrected chi connectivity index (χ4v) is 0.144. The lowest BCUT2D eigenvalue weighted by atomic mass is 10.3. The van der Waals surface area contributed by atoms with E-state index in [-0.39, 0.29) is 0 Å². The van der Waals surface area contributed by atoms with Gasteiger partial charge in [-0.3, -0.25) is 0 Å². The highest BCUT2D eigenvalue weighted by molar-refractivity contribution is 6.29. The number of hydrogen-bond acceptors (Lipinski definition) is 4. The average Bonchev–Trinajstić information content (AvgIpc) is 1.76. The van der Waals surface area contributed by atoms with Gasteiger partial charge in [0.1, 0.15) is 0 Å². The minimum absolute atomic E-state index is 1.46. The van der Waals surface area contributed by atoms with E-state index in [1.165, 1.54) is 7.55 Å². The van der Waals surface area contributed by atoms with Crippen LogP contribution in [0.2, 0.25) is 0 Å². The Morgan fingerprint density at radius 3 is 2.80 bits per heavy atom. The van der Waals surface area contributed by atoms with Gasteiger partial charge >= 0.3 is 7.55 Å². The van der Waals surface area contributed by atoms with Crippen molar-refractivity contribution < 1.29 is 0 Å². The van der Waals surface area contributed by atoms with Crippen LogP contribution in [0.4, 0.5) is 0 Å². The van der Waals surface area contributed by atoms with E-state index in [0.29, 0.717) is 0 Å². The van der Waals surface area contributed by atoms with Crippen LogP contribution in [0.15, 0.2) is 10.2 Å². The van der Waals surface area contributed by atoms with Crippen molar-refractivity contribution in [3.63, 3.8) is 0 Å². The van der Waals surface area contributed by atoms with Gasteiger partial charge in [-0.15, -0.1) is 0 Å². The highest BCUT2D eigenvalue weighted by Gasteiger charge is 1.88. The van der Waals surface area contributed by atoms with Crippen molar-refractivity contribution in [2.24, 2.45) is 10.2 Å². The van der Waals surface area contributed by atoms with Gasteiger partial charge in [-0.25, -0.2) is 15.9 Å². The molecule has 1 rings (SSSR count). The third-order valence-electron chi connectivity index (χ3n) is 0.295. The lowest BCUT2D eigenvalue weighted by Gasteiger charge is -1.76. The summed E-state index contributed by atoms with van der Waals surface area (Å²) in [5.41, 5.74) is 2.38. The van der Waals surface area contributed by atoms with E-state index in [1.54, 1.807) is 0 Å². The predicted molar refractivity (Wildman–Crippen MR) is 16.9 cm³/mol. The van der Waals surface area contributed by atoms with Gasteiger partial charge < -0.3 is 0 Å². The molecule has 0 unspecified atom stereocenters. The first kappa shape index (κ1) is 2.65. The van der Waals surface area contributed by atoms with Crippen molar-refractivity contribution in [1.29, 1.82) is 0 Å². The van der Waals surface area contributed by atoms with E-state index in [0.717, 1.165) is 0 Å². The zero-order valence-electron chi connectivity index (χ0n) is 2.47. The van der Waals surface area contributed by atoms with E-state index in [2.05, 4.69) is 21.1 Å². The molecule has 2 N–H and O–H groups in total. The first-order valence-electron chi connectivity index (χ1n) is 1.22. The zero-order valence-corrected chi connectivity index (χ0v) is 2.47. The fourth-order valence-electron chi connectivity index (χ4n) is 0.144. The molecule has 1 aliphatic rings. The van der Waals surface area contributed by atoms with Crippen LogP contribution in [0.1, 0.15) is 0 Å². The second-order valence-electron chi connectivity index (χ2n) is 0.601. The van der Waals surface area contributed by atoms with Gasteiger partial charge in [-0.1, -0.05) is 5.22 Å². The summed E-state index contributed by atoms with van der Waals surface area (Å²) in [6, 6.07) is 0. The second kappa shape index (κ2) is 1.03. The molecule has 0 aromatic carbocycles. The molecule has 0 bridgehead atoms. The van der Waals surface area contributed by atoms with Crippen LogP contribution in [0, 0.1) is 0 Å². The third-order valence-corrected chi connectivity index (χ3v) is 0.295. The zero-order chi connectivity index (χ0) is 3.54. The predicted octanol–water partition coefficient (Wildman–Crippen LogP) is -1.00. The molecule has 0 saturated heterocycles. The van der Waals surface area contributed by atoms with Crippen LogP contribution in [-0.2, 0) is 0 Å². The summed E-state index contributed by atoms with van der Waals surface area (Å²) in [5, 5.41) is 9.17. The van der Waals surface area contributed by atoms with E-state index in [9.17, 15) is 0 Å². The molecule has 5 heteroatoms. The first-order chi connectivity index (χ1) is 2.50. The molecule has 0 saturated carbocycles. The molecule has 0 atom stereocenters. The van der Waals surface area contributed by atoms with Crippen molar-refractivity contribution in [2.75, 3.05) is 0 Å². The van der Waals surface area contributed by atoms with Gasteiger partial charge in [0, 0.05) is 0 Å². The number of hydrazine groups is 1. The summed E-state index contributed by atoms with van der Waals surface area (Å²) in [7, 11) is 1.46. The maximum Gasteiger partial charge on any atom is 0.424 e. The van der Waals surface area contributed by atoms with E-state index < -0.39 is 0 Å². The summed E-state index contributed by atoms with van der Waals surface area (Å²) < 4.78 is 0. The Hall–Kier alpha value is -0.575. The monoisotopic (exact) mass is 69.0 g/mol. The van der Waals surface area contributed by atoms with Crippen LogP contribution in [0.3, 0.4) is 0 Å². The van der Waals surface area contributed by atoms with E-state index in [4.69, 9.17) is 0 Å². The Bertz CT molecular complexity index is 41.6. The molecule has 0 fully saturated rings. The average molecular weight is 68.9 g/mol. The summed E-state index contributed by atoms with van der Waals surface area (Å²) in [6.07, 6.45) is 0. The standard InChI is InChI=1S/BH2N4/c1-2-4-5-3-1/h(H,2,5)(H,3,4). The Labute approximate surface area is 29.9 Å². The highest BCUT2D eigenvalue weighted by Crippen LogP contribution is 1.65. The number of rotatable bonds is 0. The largest absolute Gasteiger partial charge is 0.424 e. The van der Waals surface area contributed by atoms with Crippen LogP contribution >= 0.6 is 0 Å². The smallest absolute Gasteiger partial charge is 0.235 e. The minimum atomic E-state index is 1.46. The van der Waals surface area contributed by atoms with Gasteiger partial charge in [-0.05, 0) is 0 Å². The summed E-state index contributed by atoms with van der Waals surface area (Å²) in [5.74, 6) is 0. The van der Waals surface area contributed by atoms with Crippen LogP contribution in [0.5, 0.6) is 0 Å². The maximum absolute atomic E-state index is 3.36. The van der Waals surface area contributed by atoms with Crippen LogP contribution in [0.25, 0.3) is 0 Å². The molecule has 1 heterocycles. The Morgan fingerprint density at radius 1 is 1.60 bits per heavy atom. The van der Waals surface area contributed by atoms with E-state index in [1.807, 2.05) is 0 Å². The molecule has 0 amide bonds.